The average Bonchev–Trinajstić information content (AvgIpc) is 3.14. The standard InChI is InChI=1S/C16H18F2N4O6S/c17-6-1-2-7(8(18)3-6)9-5-29-16-20-19-15(22(16)21-9)14(28)13(27)12(26)11(25)10(24)4-23/h1-3,10-14,23-28H,4-5H2/t10-,11-,12+,13-,14+/m1/s1. The Labute approximate surface area is 166 Å². The Hall–Kier alpha value is -2.00. The molecular weight excluding hydrogens is 414 g/mol. The first-order valence-electron chi connectivity index (χ1n) is 8.37. The van der Waals surface area contributed by atoms with Crippen molar-refractivity contribution in [2.45, 2.75) is 35.7 Å². The van der Waals surface area contributed by atoms with Crippen molar-refractivity contribution >= 4 is 17.5 Å². The zero-order chi connectivity index (χ0) is 21.3. The molecule has 2 aromatic rings. The van der Waals surface area contributed by atoms with Gasteiger partial charge in [-0.2, -0.15) is 9.78 Å². The summed E-state index contributed by atoms with van der Waals surface area (Å²) in [5.74, 6) is -1.72. The lowest BCUT2D eigenvalue weighted by Crippen LogP contribution is -2.48. The van der Waals surface area contributed by atoms with E-state index >= 15 is 0 Å². The SMILES string of the molecule is OC[C@@H](O)[C@@H](O)[C@H](O)[C@@H](O)[C@H](O)c1nnc2n1N=C(c1ccc(F)cc1F)CS2. The van der Waals surface area contributed by atoms with Gasteiger partial charge in [0.15, 0.2) is 5.82 Å². The van der Waals surface area contributed by atoms with Crippen molar-refractivity contribution in [2.24, 2.45) is 5.10 Å². The van der Waals surface area contributed by atoms with Crippen LogP contribution < -0.4 is 0 Å². The van der Waals surface area contributed by atoms with Crippen LogP contribution in [0.5, 0.6) is 0 Å². The van der Waals surface area contributed by atoms with E-state index in [1.807, 2.05) is 0 Å². The molecule has 2 heterocycles. The van der Waals surface area contributed by atoms with E-state index in [0.29, 0.717) is 6.07 Å². The minimum Gasteiger partial charge on any atom is -0.394 e. The molecule has 1 aliphatic rings. The van der Waals surface area contributed by atoms with Crippen molar-refractivity contribution in [1.29, 1.82) is 0 Å². The summed E-state index contributed by atoms with van der Waals surface area (Å²) in [5, 5.41) is 70.2. The molecule has 0 radical (unpaired) electrons. The third-order valence-corrected chi connectivity index (χ3v) is 5.24. The summed E-state index contributed by atoms with van der Waals surface area (Å²) in [5.41, 5.74) is 0.222. The summed E-state index contributed by atoms with van der Waals surface area (Å²) >= 11 is 1.10. The lowest BCUT2D eigenvalue weighted by atomic mass is 9.99. The lowest BCUT2D eigenvalue weighted by Gasteiger charge is -2.28. The van der Waals surface area contributed by atoms with Crippen LogP contribution in [0.15, 0.2) is 28.5 Å². The Bertz CT molecular complexity index is 914. The van der Waals surface area contributed by atoms with Crippen molar-refractivity contribution in [3.63, 3.8) is 0 Å². The van der Waals surface area contributed by atoms with Gasteiger partial charge in [-0.1, -0.05) is 11.8 Å². The lowest BCUT2D eigenvalue weighted by molar-refractivity contribution is -0.142. The molecule has 158 valence electrons. The summed E-state index contributed by atoms with van der Waals surface area (Å²) < 4.78 is 28.2. The monoisotopic (exact) mass is 432 g/mol. The van der Waals surface area contributed by atoms with Gasteiger partial charge < -0.3 is 30.6 Å². The summed E-state index contributed by atoms with van der Waals surface area (Å²) in [6.45, 7) is -0.880. The molecule has 13 heteroatoms. The van der Waals surface area contributed by atoms with E-state index < -0.39 is 48.8 Å². The molecular formula is C16H18F2N4O6S. The van der Waals surface area contributed by atoms with E-state index in [-0.39, 0.29) is 28.0 Å². The van der Waals surface area contributed by atoms with Crippen molar-refractivity contribution in [3.05, 3.63) is 41.2 Å². The summed E-state index contributed by atoms with van der Waals surface area (Å²) in [6, 6.07) is 2.98. The predicted octanol–water partition coefficient (Wildman–Crippen LogP) is -1.62. The molecule has 0 unspecified atom stereocenters. The molecule has 1 aromatic carbocycles. The Kier molecular flexibility index (Phi) is 6.58. The number of halogens is 2. The van der Waals surface area contributed by atoms with Gasteiger partial charge in [-0.25, -0.2) is 8.78 Å². The van der Waals surface area contributed by atoms with Crippen molar-refractivity contribution in [1.82, 2.24) is 14.9 Å². The van der Waals surface area contributed by atoms with E-state index in [9.17, 15) is 34.3 Å². The summed E-state index contributed by atoms with van der Waals surface area (Å²) in [6.07, 6.45) is -9.65. The molecule has 0 aliphatic carbocycles. The molecule has 1 aliphatic heterocycles. The third kappa shape index (κ3) is 4.30. The van der Waals surface area contributed by atoms with Crippen LogP contribution in [-0.4, -0.2) is 88.0 Å². The third-order valence-electron chi connectivity index (χ3n) is 4.31. The number of benzene rings is 1. The maximum atomic E-state index is 14.1. The number of nitrogens with zero attached hydrogens (tertiary/aromatic N) is 4. The van der Waals surface area contributed by atoms with Crippen LogP contribution in [0.2, 0.25) is 0 Å². The van der Waals surface area contributed by atoms with E-state index in [1.165, 1.54) is 6.07 Å². The van der Waals surface area contributed by atoms with E-state index in [4.69, 9.17) is 5.11 Å². The molecule has 0 amide bonds. The Morgan fingerprint density at radius 1 is 1.03 bits per heavy atom. The Balaban J connectivity index is 1.89. The number of rotatable bonds is 7. The second kappa shape index (κ2) is 8.79. The Morgan fingerprint density at radius 3 is 2.41 bits per heavy atom. The van der Waals surface area contributed by atoms with Crippen LogP contribution in [0, 0.1) is 11.6 Å². The first-order valence-corrected chi connectivity index (χ1v) is 9.35. The van der Waals surface area contributed by atoms with Crippen LogP contribution >= 0.6 is 11.8 Å². The van der Waals surface area contributed by atoms with Gasteiger partial charge >= 0.3 is 0 Å². The number of aliphatic hydroxyl groups is 6. The molecule has 5 atom stereocenters. The fourth-order valence-corrected chi connectivity index (χ4v) is 3.49. The van der Waals surface area contributed by atoms with Crippen molar-refractivity contribution in [3.8, 4) is 0 Å². The molecule has 0 bridgehead atoms. The smallest absolute Gasteiger partial charge is 0.212 e. The van der Waals surface area contributed by atoms with E-state index in [1.54, 1.807) is 0 Å². The largest absolute Gasteiger partial charge is 0.394 e. The highest BCUT2D eigenvalue weighted by Gasteiger charge is 2.37. The maximum Gasteiger partial charge on any atom is 0.212 e. The zero-order valence-corrected chi connectivity index (χ0v) is 15.5. The van der Waals surface area contributed by atoms with Gasteiger partial charge in [0.25, 0.3) is 0 Å². The highest BCUT2D eigenvalue weighted by Crippen LogP contribution is 2.29. The van der Waals surface area contributed by atoms with E-state index in [0.717, 1.165) is 22.5 Å². The van der Waals surface area contributed by atoms with Gasteiger partial charge in [-0.05, 0) is 12.1 Å². The van der Waals surface area contributed by atoms with E-state index in [2.05, 4.69) is 15.3 Å². The Morgan fingerprint density at radius 2 is 1.76 bits per heavy atom. The van der Waals surface area contributed by atoms with Crippen LogP contribution in [0.3, 0.4) is 0 Å². The fraction of sp³-hybridized carbons (Fsp3) is 0.438. The summed E-state index contributed by atoms with van der Waals surface area (Å²) in [4.78, 5) is 0. The van der Waals surface area contributed by atoms with Crippen molar-refractivity contribution < 1.29 is 39.4 Å². The first kappa shape index (κ1) is 21.7. The van der Waals surface area contributed by atoms with Crippen LogP contribution in [0.25, 0.3) is 0 Å². The molecule has 29 heavy (non-hydrogen) atoms. The minimum atomic E-state index is -2.03. The molecule has 0 saturated heterocycles. The van der Waals surface area contributed by atoms with Gasteiger partial charge in [0.05, 0.1) is 12.3 Å². The number of fused-ring (bicyclic) bond motifs is 1. The second-order valence-electron chi connectivity index (χ2n) is 6.28. The van der Waals surface area contributed by atoms with Gasteiger partial charge in [0, 0.05) is 17.4 Å². The zero-order valence-electron chi connectivity index (χ0n) is 14.7. The molecule has 0 spiro atoms. The molecule has 6 N–H and O–H groups in total. The van der Waals surface area contributed by atoms with Gasteiger partial charge in [0.1, 0.15) is 42.2 Å². The normalized spacial score (nSPS) is 19.1. The average molecular weight is 432 g/mol. The van der Waals surface area contributed by atoms with Gasteiger partial charge in [0.2, 0.25) is 5.16 Å². The molecule has 0 fully saturated rings. The molecule has 10 nitrogen and oxygen atoms in total. The maximum absolute atomic E-state index is 14.1. The molecule has 1 aromatic heterocycles. The highest BCUT2D eigenvalue weighted by atomic mass is 32.2. The number of thioether (sulfide) groups is 1. The van der Waals surface area contributed by atoms with Crippen LogP contribution in [0.1, 0.15) is 17.5 Å². The first-order chi connectivity index (χ1) is 13.7. The fourth-order valence-electron chi connectivity index (χ4n) is 2.66. The quantitative estimate of drug-likeness (QED) is 0.302. The van der Waals surface area contributed by atoms with Gasteiger partial charge in [-0.3, -0.25) is 0 Å². The van der Waals surface area contributed by atoms with Crippen LogP contribution in [0.4, 0.5) is 8.78 Å². The van der Waals surface area contributed by atoms with Crippen LogP contribution in [-0.2, 0) is 0 Å². The molecule has 3 rings (SSSR count). The number of hydrogen-bond donors (Lipinski definition) is 6. The predicted molar refractivity (Wildman–Crippen MR) is 95.1 cm³/mol. The van der Waals surface area contributed by atoms with Gasteiger partial charge in [-0.15, -0.1) is 10.2 Å². The highest BCUT2D eigenvalue weighted by molar-refractivity contribution is 7.99. The topological polar surface area (TPSA) is 164 Å². The molecule has 0 saturated carbocycles. The summed E-state index contributed by atoms with van der Waals surface area (Å²) in [7, 11) is 0. The number of hydrogen-bond acceptors (Lipinski definition) is 10. The minimum absolute atomic E-state index is 0.0285. The second-order valence-corrected chi connectivity index (χ2v) is 7.22. The number of aliphatic hydroxyl groups excluding tert-OH is 6. The number of aromatic nitrogens is 3. The van der Waals surface area contributed by atoms with Crippen molar-refractivity contribution in [2.75, 3.05) is 12.4 Å².